The number of hydrogen-bond acceptors (Lipinski definition) is 2. The Morgan fingerprint density at radius 3 is 1.36 bits per heavy atom. The third kappa shape index (κ3) is 3.18. The quantitative estimate of drug-likeness (QED) is 0.387. The van der Waals surface area contributed by atoms with E-state index in [0.717, 1.165) is 34.8 Å². The molecule has 8 bridgehead atoms. The van der Waals surface area contributed by atoms with Crippen molar-refractivity contribution in [3.8, 4) is 0 Å². The minimum absolute atomic E-state index is 0.956. The molecule has 3 nitrogen and oxygen atoms in total. The normalized spacial score (nSPS) is 20.8. The lowest BCUT2D eigenvalue weighted by Crippen LogP contribution is -2.03. The van der Waals surface area contributed by atoms with E-state index in [4.69, 9.17) is 9.98 Å². The van der Waals surface area contributed by atoms with E-state index in [1.165, 1.54) is 83.8 Å². The van der Waals surface area contributed by atoms with Crippen LogP contribution in [0.3, 0.4) is 0 Å². The fourth-order valence-electron chi connectivity index (χ4n) is 6.41. The maximum Gasteiger partial charge on any atom is 0.0720 e. The number of aromatic nitrogens is 1. The van der Waals surface area contributed by atoms with Crippen molar-refractivity contribution in [2.45, 2.75) is 89.5 Å². The molecule has 4 heterocycles. The van der Waals surface area contributed by atoms with E-state index >= 15 is 0 Å². The molecule has 1 N–H and O–H groups in total. The summed E-state index contributed by atoms with van der Waals surface area (Å²) in [6, 6.07) is 0. The predicted molar refractivity (Wildman–Crippen MR) is 155 cm³/mol. The number of fused-ring (bicyclic) bond motifs is 6. The van der Waals surface area contributed by atoms with Crippen LogP contribution in [0.15, 0.2) is 77.1 Å². The molecule has 1 aromatic rings. The zero-order valence-electron chi connectivity index (χ0n) is 24.1. The molecule has 0 radical (unpaired) electrons. The predicted octanol–water partition coefficient (Wildman–Crippen LogP) is 9.06. The molecule has 3 heteroatoms. The second-order valence-corrected chi connectivity index (χ2v) is 11.1. The fraction of sp³-hybridized carbons (Fsp3) is 0.394. The standard InChI is InChI=1S/C33H39N3/c1-14-15(2)27-13-26(14)22(9)28-16(3)18(5)30(34-28)24(11)32-20(7)21(8)33(36-32)25(12)31-19(6)17(4)29(35-31)23(27)10/h34H,13H2,1-12H3. The van der Waals surface area contributed by atoms with Crippen LogP contribution in [0.4, 0.5) is 0 Å². The van der Waals surface area contributed by atoms with E-state index < -0.39 is 0 Å². The molecule has 0 aromatic carbocycles. The average Bonchev–Trinajstić information content (AvgIpc) is 3.52. The smallest absolute Gasteiger partial charge is 0.0720 e. The van der Waals surface area contributed by atoms with Crippen LogP contribution in [0.2, 0.25) is 0 Å². The number of nitrogens with one attached hydrogen (secondary N) is 1. The van der Waals surface area contributed by atoms with Crippen LogP contribution in [0.5, 0.6) is 0 Å². The van der Waals surface area contributed by atoms with E-state index in [9.17, 15) is 0 Å². The first-order chi connectivity index (χ1) is 16.9. The van der Waals surface area contributed by atoms with Gasteiger partial charge in [0.05, 0.1) is 22.8 Å². The molecule has 0 unspecified atom stereocenters. The largest absolute Gasteiger partial charge is 0.355 e. The first-order valence-electron chi connectivity index (χ1n) is 13.1. The lowest BCUT2D eigenvalue weighted by atomic mass is 9.93. The highest BCUT2D eigenvalue weighted by Crippen LogP contribution is 2.45. The Labute approximate surface area is 216 Å². The molecular formula is C33H39N3. The maximum atomic E-state index is 5.27. The number of aliphatic imine (C=N–C) groups is 2. The third-order valence-electron chi connectivity index (χ3n) is 9.45. The van der Waals surface area contributed by atoms with Crippen molar-refractivity contribution < 1.29 is 0 Å². The second kappa shape index (κ2) is 8.16. The van der Waals surface area contributed by atoms with Crippen molar-refractivity contribution in [2.24, 2.45) is 9.98 Å². The van der Waals surface area contributed by atoms with Gasteiger partial charge in [0.15, 0.2) is 0 Å². The minimum Gasteiger partial charge on any atom is -0.355 e. The fourth-order valence-corrected chi connectivity index (χ4v) is 6.41. The summed E-state index contributed by atoms with van der Waals surface area (Å²) >= 11 is 0. The molecule has 0 fully saturated rings. The zero-order valence-corrected chi connectivity index (χ0v) is 24.1. The van der Waals surface area contributed by atoms with Gasteiger partial charge < -0.3 is 4.98 Å². The highest BCUT2D eigenvalue weighted by molar-refractivity contribution is 6.20. The number of H-pyrrole nitrogens is 1. The Bertz CT molecular complexity index is 1570. The lowest BCUT2D eigenvalue weighted by Gasteiger charge is -2.11. The molecule has 0 saturated carbocycles. The number of aromatic amines is 1. The van der Waals surface area contributed by atoms with Crippen molar-refractivity contribution in [3.63, 3.8) is 0 Å². The van der Waals surface area contributed by atoms with E-state index in [2.05, 4.69) is 88.1 Å². The summed E-state index contributed by atoms with van der Waals surface area (Å²) in [6.07, 6.45) is 0.956. The van der Waals surface area contributed by atoms with Gasteiger partial charge in [-0.1, -0.05) is 0 Å². The van der Waals surface area contributed by atoms with Crippen molar-refractivity contribution in [2.75, 3.05) is 0 Å². The summed E-state index contributed by atoms with van der Waals surface area (Å²) in [5.41, 5.74) is 25.2. The van der Waals surface area contributed by atoms with Crippen LogP contribution >= 0.6 is 0 Å². The van der Waals surface area contributed by atoms with Crippen LogP contribution < -0.4 is 0 Å². The summed E-state index contributed by atoms with van der Waals surface area (Å²) in [5.74, 6) is 0. The topological polar surface area (TPSA) is 40.5 Å². The molecule has 1 aliphatic carbocycles. The van der Waals surface area contributed by atoms with Gasteiger partial charge in [0, 0.05) is 17.0 Å². The summed E-state index contributed by atoms with van der Waals surface area (Å²) in [4.78, 5) is 14.4. The van der Waals surface area contributed by atoms with Gasteiger partial charge in [-0.05, 0) is 162 Å². The van der Waals surface area contributed by atoms with E-state index in [1.54, 1.807) is 0 Å². The third-order valence-corrected chi connectivity index (χ3v) is 9.45. The van der Waals surface area contributed by atoms with Gasteiger partial charge in [-0.3, -0.25) is 0 Å². The van der Waals surface area contributed by atoms with Gasteiger partial charge in [0.25, 0.3) is 0 Å². The minimum atomic E-state index is 0.956. The van der Waals surface area contributed by atoms with Crippen molar-refractivity contribution in [1.29, 1.82) is 0 Å². The Morgan fingerprint density at radius 1 is 0.417 bits per heavy atom. The lowest BCUT2D eigenvalue weighted by molar-refractivity contribution is 1.17. The van der Waals surface area contributed by atoms with Gasteiger partial charge in [0.2, 0.25) is 0 Å². The average molecular weight is 478 g/mol. The van der Waals surface area contributed by atoms with Crippen molar-refractivity contribution in [3.05, 3.63) is 89.6 Å². The number of hydrogen-bond donors (Lipinski definition) is 1. The highest BCUT2D eigenvalue weighted by atomic mass is 14.9. The Morgan fingerprint density at radius 2 is 0.833 bits per heavy atom. The zero-order chi connectivity index (χ0) is 26.4. The summed E-state index contributed by atoms with van der Waals surface area (Å²) < 4.78 is 0. The van der Waals surface area contributed by atoms with Gasteiger partial charge in [-0.2, -0.15) is 0 Å². The molecule has 3 aliphatic heterocycles. The Hall–Kier alpha value is -3.20. The molecule has 0 amide bonds. The highest BCUT2D eigenvalue weighted by Gasteiger charge is 2.30. The van der Waals surface area contributed by atoms with E-state index in [0.29, 0.717) is 0 Å². The molecule has 5 rings (SSSR count). The van der Waals surface area contributed by atoms with E-state index in [1.807, 2.05) is 0 Å². The Balaban J connectivity index is 1.93. The number of nitrogens with zero attached hydrogens (tertiary/aromatic N) is 2. The molecule has 186 valence electrons. The Kier molecular flexibility index (Phi) is 5.55. The van der Waals surface area contributed by atoms with Crippen LogP contribution in [0.1, 0.15) is 98.2 Å². The van der Waals surface area contributed by atoms with Crippen LogP contribution in [0, 0.1) is 13.8 Å². The second-order valence-electron chi connectivity index (χ2n) is 11.1. The van der Waals surface area contributed by atoms with Crippen LogP contribution in [0.25, 0.3) is 11.1 Å². The molecule has 0 spiro atoms. The van der Waals surface area contributed by atoms with Gasteiger partial charge in [-0.15, -0.1) is 0 Å². The molecule has 0 atom stereocenters. The van der Waals surface area contributed by atoms with Crippen LogP contribution in [-0.2, 0) is 0 Å². The molecule has 4 aliphatic rings. The van der Waals surface area contributed by atoms with E-state index in [-0.39, 0.29) is 0 Å². The van der Waals surface area contributed by atoms with Gasteiger partial charge in [0.1, 0.15) is 0 Å². The van der Waals surface area contributed by atoms with Gasteiger partial charge in [-0.25, -0.2) is 9.98 Å². The number of allylic oxidation sites excluding steroid dienone is 12. The molecule has 1 aromatic heterocycles. The van der Waals surface area contributed by atoms with Crippen molar-refractivity contribution in [1.82, 2.24) is 4.98 Å². The monoisotopic (exact) mass is 477 g/mol. The molecular weight excluding hydrogens is 438 g/mol. The summed E-state index contributed by atoms with van der Waals surface area (Å²) in [7, 11) is 0. The van der Waals surface area contributed by atoms with Crippen LogP contribution in [-0.4, -0.2) is 16.4 Å². The first-order valence-corrected chi connectivity index (χ1v) is 13.1. The SMILES string of the molecule is CC1=C(C)C2=C(C)C3=NC(=C(C)c4[nH]c(c(C)c4C)C(C)=C4CC(=C(C)C1=N2)C(C)=C4C)C(C)=C3C. The number of rotatable bonds is 0. The summed E-state index contributed by atoms with van der Waals surface area (Å²) in [5, 5.41) is 0. The van der Waals surface area contributed by atoms with Gasteiger partial charge >= 0.3 is 0 Å². The van der Waals surface area contributed by atoms with Crippen molar-refractivity contribution >= 4 is 22.6 Å². The summed E-state index contributed by atoms with van der Waals surface area (Å²) in [6.45, 7) is 26.8. The molecule has 36 heavy (non-hydrogen) atoms. The molecule has 0 saturated heterocycles. The maximum absolute atomic E-state index is 5.27. The first kappa shape index (κ1) is 24.5.